The molecule has 1 aromatic heterocycles. The number of benzene rings is 2. The second-order valence-electron chi connectivity index (χ2n) is 8.49. The molecule has 2 aromatic carbocycles. The summed E-state index contributed by atoms with van der Waals surface area (Å²) in [5.74, 6) is -0.184. The number of carbonyl (C=O) groups is 3. The minimum Gasteiger partial charge on any atom is -0.352 e. The second-order valence-corrected chi connectivity index (χ2v) is 8.49. The van der Waals surface area contributed by atoms with Gasteiger partial charge in [-0.1, -0.05) is 18.2 Å². The molecule has 0 radical (unpaired) electrons. The molecule has 3 aromatic rings. The normalized spacial score (nSPS) is 20.8. The maximum absolute atomic E-state index is 13.0. The van der Waals surface area contributed by atoms with Crippen LogP contribution in [0.25, 0.3) is 11.0 Å². The molecule has 0 bridgehead atoms. The number of anilines is 1. The fourth-order valence-corrected chi connectivity index (χ4v) is 4.32. The minimum absolute atomic E-state index is 0.172. The topological polar surface area (TPSA) is 107 Å². The second kappa shape index (κ2) is 6.94. The zero-order valence-electron chi connectivity index (χ0n) is 17.4. The summed E-state index contributed by atoms with van der Waals surface area (Å²) >= 11 is 0. The van der Waals surface area contributed by atoms with Gasteiger partial charge in [-0.3, -0.25) is 19.7 Å². The summed E-state index contributed by atoms with van der Waals surface area (Å²) in [6.45, 7) is 4.66. The van der Waals surface area contributed by atoms with Crippen LogP contribution in [-0.4, -0.2) is 38.1 Å². The Morgan fingerprint density at radius 2 is 2.00 bits per heavy atom. The molecule has 2 aliphatic heterocycles. The average molecular weight is 417 g/mol. The van der Waals surface area contributed by atoms with Gasteiger partial charge in [-0.15, -0.1) is 0 Å². The molecule has 2 aliphatic rings. The van der Waals surface area contributed by atoms with Gasteiger partial charge in [0.15, 0.2) is 0 Å². The number of imidazole rings is 1. The predicted octanol–water partition coefficient (Wildman–Crippen LogP) is 2.63. The van der Waals surface area contributed by atoms with E-state index in [9.17, 15) is 14.4 Å². The summed E-state index contributed by atoms with van der Waals surface area (Å²) in [7, 11) is 0. The molecule has 3 N–H and O–H groups in total. The third-order valence-corrected chi connectivity index (χ3v) is 6.25. The molecule has 31 heavy (non-hydrogen) atoms. The molecule has 1 saturated heterocycles. The molecule has 0 aliphatic carbocycles. The lowest BCUT2D eigenvalue weighted by molar-refractivity contribution is -0.142. The van der Waals surface area contributed by atoms with Gasteiger partial charge in [0.2, 0.25) is 11.9 Å². The maximum Gasteiger partial charge on any atom is 0.255 e. The van der Waals surface area contributed by atoms with Crippen molar-refractivity contribution in [3.8, 4) is 0 Å². The molecule has 8 nitrogen and oxygen atoms in total. The highest BCUT2D eigenvalue weighted by atomic mass is 16.2. The molecule has 8 heteroatoms. The first-order valence-electron chi connectivity index (χ1n) is 10.3. The lowest BCUT2D eigenvalue weighted by Gasteiger charge is -2.39. The van der Waals surface area contributed by atoms with Crippen LogP contribution in [0.3, 0.4) is 0 Å². The number of amides is 3. The zero-order chi connectivity index (χ0) is 21.8. The van der Waals surface area contributed by atoms with Crippen LogP contribution in [0.1, 0.15) is 46.8 Å². The highest BCUT2D eigenvalue weighted by Gasteiger charge is 2.48. The number of fused-ring (bicyclic) bond motifs is 2. The van der Waals surface area contributed by atoms with Gasteiger partial charge in [-0.05, 0) is 55.2 Å². The smallest absolute Gasteiger partial charge is 0.255 e. The highest BCUT2D eigenvalue weighted by molar-refractivity contribution is 6.07. The zero-order valence-corrected chi connectivity index (χ0v) is 17.4. The summed E-state index contributed by atoms with van der Waals surface area (Å²) in [6.07, 6.45) is 0.561. The number of piperidine rings is 1. The van der Waals surface area contributed by atoms with Crippen LogP contribution in [0.2, 0.25) is 0 Å². The first-order chi connectivity index (χ1) is 14.8. The van der Waals surface area contributed by atoms with Gasteiger partial charge < -0.3 is 15.2 Å². The number of hydrogen-bond donors (Lipinski definition) is 3. The Kier molecular flexibility index (Phi) is 4.32. The van der Waals surface area contributed by atoms with Crippen LogP contribution in [0, 0.1) is 6.92 Å². The molecular weight excluding hydrogens is 394 g/mol. The highest BCUT2D eigenvalue weighted by Crippen LogP contribution is 2.34. The Bertz CT molecular complexity index is 1250. The van der Waals surface area contributed by atoms with E-state index in [0.717, 1.165) is 27.7 Å². The summed E-state index contributed by atoms with van der Waals surface area (Å²) in [6, 6.07) is 11.8. The van der Waals surface area contributed by atoms with Gasteiger partial charge >= 0.3 is 0 Å². The predicted molar refractivity (Wildman–Crippen MR) is 115 cm³/mol. The fraction of sp³-hybridized carbons (Fsp3) is 0.304. The van der Waals surface area contributed by atoms with Crippen molar-refractivity contribution in [1.29, 1.82) is 0 Å². The number of aromatic nitrogens is 2. The number of hydrogen-bond acceptors (Lipinski definition) is 5. The molecule has 158 valence electrons. The van der Waals surface area contributed by atoms with Crippen molar-refractivity contribution in [2.45, 2.75) is 45.3 Å². The first-order valence-corrected chi connectivity index (χ1v) is 10.3. The van der Waals surface area contributed by atoms with E-state index >= 15 is 0 Å². The molecule has 0 saturated carbocycles. The summed E-state index contributed by atoms with van der Waals surface area (Å²) in [5, 5.41) is 5.67. The number of aryl methyl sites for hydroxylation is 1. The van der Waals surface area contributed by atoms with Crippen molar-refractivity contribution in [3.05, 3.63) is 58.7 Å². The van der Waals surface area contributed by atoms with Crippen LogP contribution in [-0.2, 0) is 22.7 Å². The Morgan fingerprint density at radius 3 is 2.81 bits per heavy atom. The first kappa shape index (κ1) is 19.3. The number of nitrogens with one attached hydrogen (secondary N) is 3. The summed E-state index contributed by atoms with van der Waals surface area (Å²) in [4.78, 5) is 46.4. The minimum atomic E-state index is -1.02. The molecule has 0 unspecified atom stereocenters. The number of aromatic amines is 1. The van der Waals surface area contributed by atoms with Gasteiger partial charge in [-0.25, -0.2) is 4.98 Å². The van der Waals surface area contributed by atoms with Crippen LogP contribution >= 0.6 is 0 Å². The van der Waals surface area contributed by atoms with Gasteiger partial charge in [0.05, 0.1) is 11.0 Å². The van der Waals surface area contributed by atoms with E-state index in [1.807, 2.05) is 43.3 Å². The van der Waals surface area contributed by atoms with Crippen LogP contribution in [0.4, 0.5) is 5.95 Å². The number of imide groups is 1. The van der Waals surface area contributed by atoms with E-state index in [4.69, 9.17) is 0 Å². The Balaban J connectivity index is 1.33. The third kappa shape index (κ3) is 3.24. The largest absolute Gasteiger partial charge is 0.352 e. The quantitative estimate of drug-likeness (QED) is 0.566. The Morgan fingerprint density at radius 1 is 1.16 bits per heavy atom. The lowest BCUT2D eigenvalue weighted by Crippen LogP contribution is -2.61. The molecule has 1 fully saturated rings. The van der Waals surface area contributed by atoms with E-state index in [0.29, 0.717) is 31.0 Å². The average Bonchev–Trinajstić information content (AvgIpc) is 3.30. The van der Waals surface area contributed by atoms with E-state index in [-0.39, 0.29) is 18.2 Å². The Labute approximate surface area is 179 Å². The van der Waals surface area contributed by atoms with E-state index in [2.05, 4.69) is 20.6 Å². The summed E-state index contributed by atoms with van der Waals surface area (Å²) in [5.41, 5.74) is 4.52. The van der Waals surface area contributed by atoms with Crippen LogP contribution in [0.5, 0.6) is 0 Å². The summed E-state index contributed by atoms with van der Waals surface area (Å²) < 4.78 is 0. The van der Waals surface area contributed by atoms with Crippen molar-refractivity contribution in [2.24, 2.45) is 0 Å². The number of H-pyrrole nitrogens is 1. The molecule has 3 amide bonds. The van der Waals surface area contributed by atoms with E-state index in [1.54, 1.807) is 11.8 Å². The van der Waals surface area contributed by atoms with Crippen molar-refractivity contribution >= 4 is 34.7 Å². The molecular formula is C23H23N5O3. The fourth-order valence-electron chi connectivity index (χ4n) is 4.32. The SMILES string of the molecule is Cc1ccc2[nH]c(NCc3ccc4c(c3)CN([C@@]3(C)CCC(=O)NC3=O)C4=O)nc2c1. The monoisotopic (exact) mass is 417 g/mol. The van der Waals surface area contributed by atoms with Crippen molar-refractivity contribution in [3.63, 3.8) is 0 Å². The number of nitrogens with zero attached hydrogens (tertiary/aromatic N) is 2. The van der Waals surface area contributed by atoms with Gasteiger partial charge in [-0.2, -0.15) is 0 Å². The van der Waals surface area contributed by atoms with Crippen LogP contribution in [0.15, 0.2) is 36.4 Å². The third-order valence-electron chi connectivity index (χ3n) is 6.25. The van der Waals surface area contributed by atoms with Crippen molar-refractivity contribution in [2.75, 3.05) is 5.32 Å². The van der Waals surface area contributed by atoms with E-state index in [1.165, 1.54) is 0 Å². The molecule has 1 atom stereocenters. The van der Waals surface area contributed by atoms with Gasteiger partial charge in [0.25, 0.3) is 11.8 Å². The van der Waals surface area contributed by atoms with Crippen LogP contribution < -0.4 is 10.6 Å². The molecule has 5 rings (SSSR count). The van der Waals surface area contributed by atoms with Crippen molar-refractivity contribution < 1.29 is 14.4 Å². The number of carbonyl (C=O) groups excluding carboxylic acids is 3. The lowest BCUT2D eigenvalue weighted by atomic mass is 9.89. The van der Waals surface area contributed by atoms with E-state index < -0.39 is 11.4 Å². The van der Waals surface area contributed by atoms with Crippen molar-refractivity contribution in [1.82, 2.24) is 20.2 Å². The maximum atomic E-state index is 13.0. The van der Waals surface area contributed by atoms with Gasteiger partial charge in [0, 0.05) is 25.1 Å². The van der Waals surface area contributed by atoms with Gasteiger partial charge in [0.1, 0.15) is 5.54 Å². The number of rotatable bonds is 4. The molecule has 0 spiro atoms. The Hall–Kier alpha value is -3.68. The standard InChI is InChI=1S/C23H23N5O3/c1-13-3-6-17-18(9-13)26-22(25-17)24-11-14-4-5-16-15(10-14)12-28(20(16)30)23(2)8-7-19(29)27-21(23)31/h3-6,9-10H,7-8,11-12H2,1-2H3,(H2,24,25,26)(H,27,29,31)/t23-/m0/s1. The molecule has 3 heterocycles.